The van der Waals surface area contributed by atoms with Gasteiger partial charge in [-0.05, 0) is 51.2 Å². The fourth-order valence-corrected chi connectivity index (χ4v) is 3.77. The van der Waals surface area contributed by atoms with Crippen LogP contribution in [0, 0.1) is 12.8 Å². The molecule has 1 amide bonds. The van der Waals surface area contributed by atoms with Crippen molar-refractivity contribution in [3.05, 3.63) is 29.7 Å². The van der Waals surface area contributed by atoms with Gasteiger partial charge in [0.15, 0.2) is 0 Å². The molecule has 168 valence electrons. The van der Waals surface area contributed by atoms with Crippen molar-refractivity contribution in [1.82, 2.24) is 20.1 Å². The lowest BCUT2D eigenvalue weighted by molar-refractivity contribution is -0.143. The second-order valence-electron chi connectivity index (χ2n) is 7.84. The van der Waals surface area contributed by atoms with Gasteiger partial charge >= 0.3 is 12.1 Å². The van der Waals surface area contributed by atoms with Crippen molar-refractivity contribution >= 4 is 12.1 Å². The van der Waals surface area contributed by atoms with E-state index in [2.05, 4.69) is 15.4 Å². The summed E-state index contributed by atoms with van der Waals surface area (Å²) >= 11 is 0. The van der Waals surface area contributed by atoms with Gasteiger partial charge in [-0.1, -0.05) is 6.92 Å². The Labute approximate surface area is 181 Å². The first-order valence-corrected chi connectivity index (χ1v) is 10.7. The van der Waals surface area contributed by atoms with Crippen LogP contribution in [0.1, 0.15) is 50.4 Å². The molecule has 1 fully saturated rings. The molecule has 2 aromatic rings. The summed E-state index contributed by atoms with van der Waals surface area (Å²) in [5.41, 5.74) is 3.07. The van der Waals surface area contributed by atoms with Crippen molar-refractivity contribution in [3.63, 3.8) is 0 Å². The van der Waals surface area contributed by atoms with E-state index in [0.717, 1.165) is 41.9 Å². The van der Waals surface area contributed by atoms with Crippen LogP contribution in [0.2, 0.25) is 0 Å². The molecule has 0 saturated heterocycles. The van der Waals surface area contributed by atoms with Crippen LogP contribution in [-0.2, 0) is 23.1 Å². The maximum absolute atomic E-state index is 11.8. The molecule has 31 heavy (non-hydrogen) atoms. The number of nitrogens with zero attached hydrogens (tertiary/aromatic N) is 3. The van der Waals surface area contributed by atoms with Crippen molar-refractivity contribution in [3.8, 4) is 17.0 Å². The molecular formula is C22H30N4O5. The summed E-state index contributed by atoms with van der Waals surface area (Å²) in [5.74, 6) is -0.443. The molecule has 1 aliphatic carbocycles. The lowest BCUT2D eigenvalue weighted by Crippen LogP contribution is -2.29. The van der Waals surface area contributed by atoms with Gasteiger partial charge in [0.2, 0.25) is 0 Å². The number of carbonyl (C=O) groups is 2. The smallest absolute Gasteiger partial charge is 0.407 e. The zero-order valence-corrected chi connectivity index (χ0v) is 18.3. The molecular weight excluding hydrogens is 400 g/mol. The van der Waals surface area contributed by atoms with Crippen LogP contribution in [-0.4, -0.2) is 44.6 Å². The zero-order valence-electron chi connectivity index (χ0n) is 18.3. The molecule has 2 N–H and O–H groups in total. The highest BCUT2D eigenvalue weighted by Gasteiger charge is 2.28. The highest BCUT2D eigenvalue weighted by molar-refractivity contribution is 5.70. The summed E-state index contributed by atoms with van der Waals surface area (Å²) in [6.07, 6.45) is 4.81. The topological polar surface area (TPSA) is 116 Å². The Morgan fingerprint density at radius 2 is 2.13 bits per heavy atom. The number of aliphatic carboxylic acids is 1. The number of aryl methyl sites for hydroxylation is 2. The molecule has 2 heterocycles. The number of rotatable bonds is 8. The molecule has 0 aliphatic heterocycles. The number of alkyl carbamates (subject to hydrolysis) is 1. The van der Waals surface area contributed by atoms with Crippen LogP contribution >= 0.6 is 0 Å². The summed E-state index contributed by atoms with van der Waals surface area (Å²) in [6.45, 7) is 4.45. The molecule has 0 aromatic carbocycles. The lowest BCUT2D eigenvalue weighted by atomic mass is 9.87. The van der Waals surface area contributed by atoms with Crippen LogP contribution in [0.15, 0.2) is 18.3 Å². The molecule has 2 aromatic heterocycles. The van der Waals surface area contributed by atoms with E-state index in [1.807, 2.05) is 33.0 Å². The Balaban J connectivity index is 1.70. The zero-order chi connectivity index (χ0) is 22.4. The van der Waals surface area contributed by atoms with Gasteiger partial charge in [0.1, 0.15) is 5.75 Å². The minimum atomic E-state index is -0.755. The quantitative estimate of drug-likeness (QED) is 0.659. The number of hydrogen-bond acceptors (Lipinski definition) is 6. The minimum absolute atomic E-state index is 0.117. The fourth-order valence-electron chi connectivity index (χ4n) is 3.77. The number of amides is 1. The van der Waals surface area contributed by atoms with Crippen LogP contribution in [0.25, 0.3) is 11.3 Å². The molecule has 1 aliphatic rings. The SMILES string of the molecule is CCCOC(=O)NCc1c(-c2ccc(O[C@H]3CCC[C@H](C(=O)O)C3)c(C)n2)cnn1C. The van der Waals surface area contributed by atoms with Crippen molar-refractivity contribution < 1.29 is 24.2 Å². The third kappa shape index (κ3) is 5.74. The molecule has 9 heteroatoms. The molecule has 9 nitrogen and oxygen atoms in total. The van der Waals surface area contributed by atoms with E-state index in [9.17, 15) is 14.7 Å². The number of carboxylic acid groups (broad SMARTS) is 1. The molecule has 0 spiro atoms. The summed E-state index contributed by atoms with van der Waals surface area (Å²) in [4.78, 5) is 27.7. The molecule has 2 atom stereocenters. The Hall–Kier alpha value is -3.10. The van der Waals surface area contributed by atoms with Crippen LogP contribution in [0.4, 0.5) is 4.79 Å². The molecule has 0 unspecified atom stereocenters. The number of pyridine rings is 1. The Kier molecular flexibility index (Phi) is 7.49. The highest BCUT2D eigenvalue weighted by Crippen LogP contribution is 2.30. The molecule has 0 radical (unpaired) electrons. The van der Waals surface area contributed by atoms with Gasteiger partial charge in [-0.2, -0.15) is 5.10 Å². The number of ether oxygens (including phenoxy) is 2. The second-order valence-corrected chi connectivity index (χ2v) is 7.84. The number of carbonyl (C=O) groups excluding carboxylic acids is 1. The molecule has 1 saturated carbocycles. The summed E-state index contributed by atoms with van der Waals surface area (Å²) in [5, 5.41) is 16.3. The fraction of sp³-hybridized carbons (Fsp3) is 0.545. The minimum Gasteiger partial charge on any atom is -0.489 e. The monoisotopic (exact) mass is 430 g/mol. The largest absolute Gasteiger partial charge is 0.489 e. The van der Waals surface area contributed by atoms with Crippen molar-refractivity contribution in [1.29, 1.82) is 0 Å². The van der Waals surface area contributed by atoms with Crippen molar-refractivity contribution in [2.45, 2.75) is 58.6 Å². The number of aromatic nitrogens is 3. The highest BCUT2D eigenvalue weighted by atomic mass is 16.5. The second kappa shape index (κ2) is 10.3. The number of nitrogens with one attached hydrogen (secondary N) is 1. The summed E-state index contributed by atoms with van der Waals surface area (Å²) in [7, 11) is 1.81. The Morgan fingerprint density at radius 3 is 2.84 bits per heavy atom. The average Bonchev–Trinajstić information content (AvgIpc) is 3.12. The third-order valence-electron chi connectivity index (χ3n) is 5.48. The van der Waals surface area contributed by atoms with Crippen molar-refractivity contribution in [2.75, 3.05) is 6.61 Å². The van der Waals surface area contributed by atoms with Gasteiger partial charge in [-0.25, -0.2) is 9.78 Å². The maximum Gasteiger partial charge on any atom is 0.407 e. The van der Waals surface area contributed by atoms with Gasteiger partial charge in [0, 0.05) is 12.6 Å². The lowest BCUT2D eigenvalue weighted by Gasteiger charge is -2.27. The van der Waals surface area contributed by atoms with Crippen LogP contribution in [0.3, 0.4) is 0 Å². The summed E-state index contributed by atoms with van der Waals surface area (Å²) in [6, 6.07) is 3.72. The van der Waals surface area contributed by atoms with Gasteiger partial charge in [0.05, 0.1) is 48.5 Å². The van der Waals surface area contributed by atoms with Crippen LogP contribution in [0.5, 0.6) is 5.75 Å². The first-order valence-electron chi connectivity index (χ1n) is 10.7. The van der Waals surface area contributed by atoms with E-state index in [1.54, 1.807) is 10.9 Å². The van der Waals surface area contributed by atoms with Gasteiger partial charge in [-0.15, -0.1) is 0 Å². The number of carboxylic acids is 1. The Bertz CT molecular complexity index is 927. The van der Waals surface area contributed by atoms with Gasteiger partial charge < -0.3 is 19.9 Å². The van der Waals surface area contributed by atoms with Crippen LogP contribution < -0.4 is 10.1 Å². The Morgan fingerprint density at radius 1 is 1.32 bits per heavy atom. The molecule has 0 bridgehead atoms. The van der Waals surface area contributed by atoms with Crippen molar-refractivity contribution in [2.24, 2.45) is 13.0 Å². The van der Waals surface area contributed by atoms with E-state index in [4.69, 9.17) is 9.47 Å². The van der Waals surface area contributed by atoms with Gasteiger partial charge in [0.25, 0.3) is 0 Å². The average molecular weight is 431 g/mol. The number of hydrogen-bond donors (Lipinski definition) is 2. The first-order chi connectivity index (χ1) is 14.9. The van der Waals surface area contributed by atoms with E-state index in [0.29, 0.717) is 25.2 Å². The molecule has 3 rings (SSSR count). The normalized spacial score (nSPS) is 18.4. The van der Waals surface area contributed by atoms with E-state index in [1.165, 1.54) is 0 Å². The van der Waals surface area contributed by atoms with Gasteiger partial charge in [-0.3, -0.25) is 9.48 Å². The third-order valence-corrected chi connectivity index (χ3v) is 5.48. The van der Waals surface area contributed by atoms with E-state index >= 15 is 0 Å². The maximum atomic E-state index is 11.8. The predicted molar refractivity (Wildman–Crippen MR) is 114 cm³/mol. The summed E-state index contributed by atoms with van der Waals surface area (Å²) < 4.78 is 12.8. The van der Waals surface area contributed by atoms with E-state index in [-0.39, 0.29) is 18.6 Å². The van der Waals surface area contributed by atoms with E-state index < -0.39 is 12.1 Å². The predicted octanol–water partition coefficient (Wildman–Crippen LogP) is 3.45. The first kappa shape index (κ1) is 22.6. The standard InChI is InChI=1S/C22H30N4O5/c1-4-10-30-22(29)23-13-19-17(12-24-26(19)3)18-8-9-20(14(2)25-18)31-16-7-5-6-15(11-16)21(27)28/h8-9,12,15-16H,4-7,10-11,13H2,1-3H3,(H,23,29)(H,27,28)/t15-,16-/m0/s1.